The van der Waals surface area contributed by atoms with Crippen LogP contribution in [-0.2, 0) is 10.0 Å². The quantitative estimate of drug-likeness (QED) is 0.0574. The zero-order chi connectivity index (χ0) is 31.0. The first-order chi connectivity index (χ1) is 21.5. The van der Waals surface area contributed by atoms with E-state index in [-0.39, 0.29) is 4.90 Å². The van der Waals surface area contributed by atoms with Gasteiger partial charge < -0.3 is 4.57 Å². The predicted molar refractivity (Wildman–Crippen MR) is 180 cm³/mol. The summed E-state index contributed by atoms with van der Waals surface area (Å²) in [6.45, 7) is 4.20. The van der Waals surface area contributed by atoms with Gasteiger partial charge in [0.2, 0.25) is 0 Å². The number of benzene rings is 2. The Balaban J connectivity index is 1.39. The average Bonchev–Trinajstić information content (AvgIpc) is 3.71. The molecule has 2 aromatic heterocycles. The number of hydrazone groups is 1. The molecule has 0 bridgehead atoms. The summed E-state index contributed by atoms with van der Waals surface area (Å²) in [5.41, 5.74) is 3.32. The molecule has 0 spiro atoms. The van der Waals surface area contributed by atoms with Crippen LogP contribution in [0.2, 0.25) is 0 Å². The third-order valence-electron chi connectivity index (χ3n) is 8.24. The molecule has 44 heavy (non-hydrogen) atoms. The second-order valence-corrected chi connectivity index (χ2v) is 13.5. The van der Waals surface area contributed by atoms with Gasteiger partial charge >= 0.3 is 0 Å². The minimum Gasteiger partial charge on any atom is -0.327 e. The van der Waals surface area contributed by atoms with Gasteiger partial charge in [0.15, 0.2) is 6.17 Å². The predicted octanol–water partition coefficient (Wildman–Crippen LogP) is 8.79. The monoisotopic (exact) mass is 618 g/mol. The van der Waals surface area contributed by atoms with Crippen LogP contribution in [0.5, 0.6) is 0 Å². The molecule has 238 valence electrons. The molecule has 0 aliphatic heterocycles. The third kappa shape index (κ3) is 10.0. The first-order valence-corrected chi connectivity index (χ1v) is 18.1. The van der Waals surface area contributed by atoms with Crippen molar-refractivity contribution in [2.24, 2.45) is 5.10 Å². The smallest absolute Gasteiger partial charge is 0.276 e. The Morgan fingerprint density at radius 2 is 1.34 bits per heavy atom. The van der Waals surface area contributed by atoms with Crippen molar-refractivity contribution in [3.8, 4) is 0 Å². The fourth-order valence-electron chi connectivity index (χ4n) is 5.65. The van der Waals surface area contributed by atoms with Crippen molar-refractivity contribution in [2.45, 2.75) is 121 Å². The van der Waals surface area contributed by atoms with Gasteiger partial charge in [-0.2, -0.15) is 18.4 Å². The lowest BCUT2D eigenvalue weighted by molar-refractivity contribution is 0.485. The van der Waals surface area contributed by atoms with Crippen LogP contribution in [-0.4, -0.2) is 33.7 Å². The van der Waals surface area contributed by atoms with E-state index in [4.69, 9.17) is 0 Å². The van der Waals surface area contributed by atoms with Gasteiger partial charge in [-0.15, -0.1) is 5.10 Å². The Morgan fingerprint density at radius 1 is 0.773 bits per heavy atom. The number of hydrogen-bond donors (Lipinski definition) is 1. The van der Waals surface area contributed by atoms with Crippen LogP contribution in [0.4, 0.5) is 0 Å². The van der Waals surface area contributed by atoms with E-state index in [0.29, 0.717) is 12.1 Å². The molecule has 4 rings (SSSR count). The molecule has 0 aliphatic carbocycles. The summed E-state index contributed by atoms with van der Waals surface area (Å²) in [5.74, 6) is 0. The molecule has 1 atom stereocenters. The lowest BCUT2D eigenvalue weighted by Crippen LogP contribution is -2.30. The molecule has 2 heterocycles. The number of fused-ring (bicyclic) bond motifs is 1. The number of hydrogen-bond acceptors (Lipinski definition) is 5. The number of aryl methyl sites for hydroxylation is 1. The van der Waals surface area contributed by atoms with Crippen molar-refractivity contribution >= 4 is 26.8 Å². The Kier molecular flexibility index (Phi) is 13.5. The topological polar surface area (TPSA) is 94.2 Å². The lowest BCUT2D eigenvalue weighted by Gasteiger charge is -2.22. The second-order valence-electron chi connectivity index (χ2n) is 11.9. The SMILES string of the molecule is CCCCCCCCCCCCCCCC/C(=N\NS(=O)(=O)c1ccc(C)cc1)C(n1cccc1)n1nnc2ccccc21. The van der Waals surface area contributed by atoms with Gasteiger partial charge in [0.1, 0.15) is 5.52 Å². The number of para-hydroxylation sites is 1. The van der Waals surface area contributed by atoms with Crippen LogP contribution in [0.3, 0.4) is 0 Å². The van der Waals surface area contributed by atoms with Crippen molar-refractivity contribution in [2.75, 3.05) is 0 Å². The average molecular weight is 619 g/mol. The summed E-state index contributed by atoms with van der Waals surface area (Å²) in [7, 11) is -3.84. The summed E-state index contributed by atoms with van der Waals surface area (Å²) in [4.78, 5) is 2.72. The maximum absolute atomic E-state index is 13.2. The molecule has 0 radical (unpaired) electrons. The van der Waals surface area contributed by atoms with Gasteiger partial charge in [-0.1, -0.05) is 125 Å². The van der Waals surface area contributed by atoms with E-state index >= 15 is 0 Å². The van der Waals surface area contributed by atoms with E-state index in [0.717, 1.165) is 29.4 Å². The van der Waals surface area contributed by atoms with Crippen LogP contribution >= 0.6 is 0 Å². The van der Waals surface area contributed by atoms with Gasteiger partial charge in [0, 0.05) is 12.4 Å². The highest BCUT2D eigenvalue weighted by atomic mass is 32.2. The fraction of sp³-hybridized carbons (Fsp3) is 0.514. The second kappa shape index (κ2) is 17.7. The highest BCUT2D eigenvalue weighted by Crippen LogP contribution is 2.23. The third-order valence-corrected chi connectivity index (χ3v) is 9.47. The van der Waals surface area contributed by atoms with Gasteiger partial charge in [-0.25, -0.2) is 4.68 Å². The van der Waals surface area contributed by atoms with Gasteiger partial charge in [0.25, 0.3) is 10.0 Å². The van der Waals surface area contributed by atoms with E-state index in [1.165, 1.54) is 77.0 Å². The number of unbranched alkanes of at least 4 members (excludes halogenated alkanes) is 13. The van der Waals surface area contributed by atoms with E-state index in [9.17, 15) is 8.42 Å². The lowest BCUT2D eigenvalue weighted by atomic mass is 10.0. The molecule has 0 aliphatic rings. The molecular weight excluding hydrogens is 568 g/mol. The summed E-state index contributed by atoms with van der Waals surface area (Å²) < 4.78 is 30.2. The molecule has 2 aromatic carbocycles. The summed E-state index contributed by atoms with van der Waals surface area (Å²) in [6.07, 6.45) is 22.0. The van der Waals surface area contributed by atoms with Crippen LogP contribution in [0.15, 0.2) is 83.1 Å². The number of nitrogens with zero attached hydrogens (tertiary/aromatic N) is 5. The van der Waals surface area contributed by atoms with Crippen LogP contribution in [0.1, 0.15) is 115 Å². The largest absolute Gasteiger partial charge is 0.327 e. The van der Waals surface area contributed by atoms with Crippen molar-refractivity contribution in [1.29, 1.82) is 0 Å². The van der Waals surface area contributed by atoms with E-state index in [1.807, 2.05) is 65.0 Å². The van der Waals surface area contributed by atoms with Gasteiger partial charge in [-0.05, 0) is 56.2 Å². The Bertz CT molecular complexity index is 1510. The normalized spacial score (nSPS) is 13.0. The first-order valence-electron chi connectivity index (χ1n) is 16.6. The molecule has 9 heteroatoms. The molecule has 0 saturated heterocycles. The minimum absolute atomic E-state index is 0.186. The Labute approximate surface area is 264 Å². The van der Waals surface area contributed by atoms with Crippen molar-refractivity contribution < 1.29 is 8.42 Å². The summed E-state index contributed by atoms with van der Waals surface area (Å²) in [6, 6.07) is 18.5. The van der Waals surface area contributed by atoms with Crippen LogP contribution < -0.4 is 4.83 Å². The highest BCUT2D eigenvalue weighted by Gasteiger charge is 2.24. The molecule has 0 fully saturated rings. The molecule has 4 aromatic rings. The number of rotatable bonds is 21. The van der Waals surface area contributed by atoms with Crippen molar-refractivity contribution in [3.05, 3.63) is 78.6 Å². The molecule has 8 nitrogen and oxygen atoms in total. The molecular formula is C35H50N6O2S. The molecule has 1 N–H and O–H groups in total. The standard InChI is InChI=1S/C35H50N6O2S/c1-3-4-5-6-7-8-9-10-11-12-13-14-15-16-22-33(37-39-44(42,43)31-26-24-30(2)25-27-31)35(40-28-19-20-29-40)41-34-23-18-17-21-32(34)36-38-41/h17-21,23-29,35,39H,3-16,22H2,1-2H3/b37-33+. The Hall–Kier alpha value is -3.46. The maximum atomic E-state index is 13.2. The zero-order valence-corrected chi connectivity index (χ0v) is 27.4. The number of aromatic nitrogens is 4. The molecule has 0 amide bonds. The Morgan fingerprint density at radius 3 is 1.95 bits per heavy atom. The fourth-order valence-corrected chi connectivity index (χ4v) is 6.49. The van der Waals surface area contributed by atoms with E-state index in [2.05, 4.69) is 27.2 Å². The van der Waals surface area contributed by atoms with Crippen LogP contribution in [0, 0.1) is 6.92 Å². The highest BCUT2D eigenvalue weighted by molar-refractivity contribution is 7.89. The van der Waals surface area contributed by atoms with Crippen LogP contribution in [0.25, 0.3) is 11.0 Å². The molecule has 1 unspecified atom stereocenters. The summed E-state index contributed by atoms with van der Waals surface area (Å²) in [5, 5.41) is 13.4. The van der Waals surface area contributed by atoms with Crippen molar-refractivity contribution in [1.82, 2.24) is 24.4 Å². The van der Waals surface area contributed by atoms with E-state index in [1.54, 1.807) is 24.3 Å². The first kappa shape index (κ1) is 33.4. The van der Waals surface area contributed by atoms with Gasteiger partial charge in [-0.3, -0.25) is 0 Å². The van der Waals surface area contributed by atoms with Crippen molar-refractivity contribution in [3.63, 3.8) is 0 Å². The number of nitrogens with one attached hydrogen (secondary N) is 1. The van der Waals surface area contributed by atoms with E-state index < -0.39 is 16.2 Å². The molecule has 0 saturated carbocycles. The zero-order valence-electron chi connectivity index (χ0n) is 26.6. The minimum atomic E-state index is -3.84. The van der Waals surface area contributed by atoms with Gasteiger partial charge in [0.05, 0.1) is 16.1 Å². The number of sulfonamides is 1. The maximum Gasteiger partial charge on any atom is 0.276 e. The summed E-state index contributed by atoms with van der Waals surface area (Å²) >= 11 is 0.